The second-order valence-electron chi connectivity index (χ2n) is 6.16. The number of nitrogens with two attached hydrogens (primary N) is 1. The van der Waals surface area contributed by atoms with Crippen LogP contribution in [0.5, 0.6) is 11.6 Å². The Balaban J connectivity index is 1.44. The van der Waals surface area contributed by atoms with Gasteiger partial charge in [-0.25, -0.2) is 9.97 Å². The van der Waals surface area contributed by atoms with Crippen LogP contribution in [0.4, 0.5) is 16.6 Å². The van der Waals surface area contributed by atoms with Gasteiger partial charge in [-0.1, -0.05) is 53.8 Å². The molecule has 0 aliphatic rings. The predicted molar refractivity (Wildman–Crippen MR) is 113 cm³/mol. The van der Waals surface area contributed by atoms with Gasteiger partial charge in [0.1, 0.15) is 17.8 Å². The van der Waals surface area contributed by atoms with Gasteiger partial charge in [-0.15, -0.1) is 0 Å². The summed E-state index contributed by atoms with van der Waals surface area (Å²) in [4.78, 5) is 13.0. The normalized spacial score (nSPS) is 11.0. The number of nitrogen functional groups attached to an aromatic ring is 1. The minimum atomic E-state index is 0.300. The molecular weight excluding hydrogens is 370 g/mol. The molecule has 0 radical (unpaired) electrons. The van der Waals surface area contributed by atoms with Gasteiger partial charge in [0.15, 0.2) is 10.9 Å². The number of thiazole rings is 1. The van der Waals surface area contributed by atoms with Gasteiger partial charge in [0.05, 0.1) is 10.2 Å². The van der Waals surface area contributed by atoms with Gasteiger partial charge in [-0.2, -0.15) is 4.98 Å². The first-order chi connectivity index (χ1) is 13.8. The second kappa shape index (κ2) is 6.79. The number of benzene rings is 3. The Morgan fingerprint density at radius 3 is 2.61 bits per heavy atom. The zero-order chi connectivity index (χ0) is 18.9. The lowest BCUT2D eigenvalue weighted by atomic mass is 10.1. The van der Waals surface area contributed by atoms with E-state index >= 15 is 0 Å². The van der Waals surface area contributed by atoms with Crippen LogP contribution in [0.15, 0.2) is 73.1 Å². The number of fused-ring (bicyclic) bond motifs is 2. The molecule has 3 aromatic carbocycles. The molecule has 0 fully saturated rings. The van der Waals surface area contributed by atoms with Crippen molar-refractivity contribution in [1.82, 2.24) is 15.0 Å². The van der Waals surface area contributed by atoms with Crippen molar-refractivity contribution in [2.45, 2.75) is 0 Å². The summed E-state index contributed by atoms with van der Waals surface area (Å²) in [5, 5.41) is 6.11. The molecule has 0 saturated carbocycles. The van der Waals surface area contributed by atoms with E-state index in [0.717, 1.165) is 21.0 Å². The second-order valence-corrected chi connectivity index (χ2v) is 7.19. The van der Waals surface area contributed by atoms with Gasteiger partial charge in [0.2, 0.25) is 5.88 Å². The highest BCUT2D eigenvalue weighted by molar-refractivity contribution is 7.22. The quantitative estimate of drug-likeness (QED) is 0.433. The SMILES string of the molecule is Nc1c(Nc2nc3ccccc3s2)ncnc1Oc1ccc2ccccc2c1. The number of anilines is 3. The van der Waals surface area contributed by atoms with Gasteiger partial charge in [0, 0.05) is 0 Å². The van der Waals surface area contributed by atoms with Crippen LogP contribution < -0.4 is 15.8 Å². The Morgan fingerprint density at radius 2 is 1.71 bits per heavy atom. The first kappa shape index (κ1) is 16.5. The Bertz CT molecular complexity index is 1270. The lowest BCUT2D eigenvalue weighted by molar-refractivity contribution is 0.465. The van der Waals surface area contributed by atoms with E-state index in [9.17, 15) is 0 Å². The fraction of sp³-hybridized carbons (Fsp3) is 0. The minimum absolute atomic E-state index is 0.300. The molecule has 0 saturated heterocycles. The van der Waals surface area contributed by atoms with Crippen LogP contribution in [0.2, 0.25) is 0 Å². The zero-order valence-corrected chi connectivity index (χ0v) is 15.5. The lowest BCUT2D eigenvalue weighted by Crippen LogP contribution is -2.02. The number of rotatable bonds is 4. The number of aromatic nitrogens is 3. The Morgan fingerprint density at radius 1 is 0.893 bits per heavy atom. The molecule has 0 unspecified atom stereocenters. The van der Waals surface area contributed by atoms with E-state index in [0.29, 0.717) is 28.3 Å². The average Bonchev–Trinajstić information content (AvgIpc) is 3.13. The molecule has 2 heterocycles. The van der Waals surface area contributed by atoms with Crippen LogP contribution in [-0.2, 0) is 0 Å². The lowest BCUT2D eigenvalue weighted by Gasteiger charge is -2.11. The molecule has 0 aliphatic carbocycles. The van der Waals surface area contributed by atoms with E-state index in [1.807, 2.05) is 60.7 Å². The number of nitrogens with zero attached hydrogens (tertiary/aromatic N) is 3. The first-order valence-corrected chi connectivity index (χ1v) is 9.48. The number of para-hydroxylation sites is 1. The first-order valence-electron chi connectivity index (χ1n) is 8.66. The molecule has 2 aromatic heterocycles. The summed E-state index contributed by atoms with van der Waals surface area (Å²) in [6, 6.07) is 21.9. The highest BCUT2D eigenvalue weighted by atomic mass is 32.1. The molecule has 0 amide bonds. The molecular formula is C21H15N5OS. The summed E-state index contributed by atoms with van der Waals surface area (Å²) >= 11 is 1.53. The van der Waals surface area contributed by atoms with E-state index < -0.39 is 0 Å². The maximum Gasteiger partial charge on any atom is 0.248 e. The van der Waals surface area contributed by atoms with E-state index in [-0.39, 0.29) is 0 Å². The van der Waals surface area contributed by atoms with Crippen molar-refractivity contribution in [2.24, 2.45) is 0 Å². The summed E-state index contributed by atoms with van der Waals surface area (Å²) < 4.78 is 7.01. The standard InChI is InChI=1S/C21H15N5OS/c22-18-19(26-21-25-16-7-3-4-8-17(16)28-21)23-12-24-20(18)27-15-10-9-13-5-1-2-6-14(13)11-15/h1-12H,22H2,(H,23,24,25,26). The number of hydrogen-bond acceptors (Lipinski definition) is 7. The van der Waals surface area contributed by atoms with Gasteiger partial charge in [-0.05, 0) is 35.0 Å². The maximum atomic E-state index is 6.25. The summed E-state index contributed by atoms with van der Waals surface area (Å²) in [5.74, 6) is 1.42. The molecule has 0 spiro atoms. The Kier molecular flexibility index (Phi) is 3.99. The van der Waals surface area contributed by atoms with Crippen LogP contribution in [-0.4, -0.2) is 15.0 Å². The van der Waals surface area contributed by atoms with Gasteiger partial charge in [-0.3, -0.25) is 0 Å². The van der Waals surface area contributed by atoms with Gasteiger partial charge in [0.25, 0.3) is 0 Å². The monoisotopic (exact) mass is 385 g/mol. The van der Waals surface area contributed by atoms with Gasteiger partial charge < -0.3 is 15.8 Å². The fourth-order valence-corrected chi connectivity index (χ4v) is 3.79. The predicted octanol–water partition coefficient (Wildman–Crippen LogP) is 5.36. The molecule has 5 aromatic rings. The van der Waals surface area contributed by atoms with Crippen molar-refractivity contribution < 1.29 is 4.74 Å². The molecule has 136 valence electrons. The zero-order valence-electron chi connectivity index (χ0n) is 14.7. The summed E-state index contributed by atoms with van der Waals surface area (Å²) in [5.41, 5.74) is 7.51. The highest BCUT2D eigenvalue weighted by Gasteiger charge is 2.13. The Labute approximate surface area is 164 Å². The number of ether oxygens (including phenoxy) is 1. The molecule has 28 heavy (non-hydrogen) atoms. The molecule has 5 rings (SSSR count). The molecule has 7 heteroatoms. The van der Waals surface area contributed by atoms with Crippen LogP contribution in [0.3, 0.4) is 0 Å². The van der Waals surface area contributed by atoms with Crippen molar-refractivity contribution in [3.8, 4) is 11.6 Å². The van der Waals surface area contributed by atoms with Crippen LogP contribution >= 0.6 is 11.3 Å². The van der Waals surface area contributed by atoms with E-state index in [2.05, 4.69) is 26.3 Å². The van der Waals surface area contributed by atoms with Crippen molar-refractivity contribution >= 4 is 49.0 Å². The maximum absolute atomic E-state index is 6.25. The third kappa shape index (κ3) is 3.08. The van der Waals surface area contributed by atoms with Crippen molar-refractivity contribution in [3.05, 3.63) is 73.1 Å². The summed E-state index contributed by atoms with van der Waals surface area (Å²) in [6.07, 6.45) is 1.42. The molecule has 0 bridgehead atoms. The third-order valence-electron chi connectivity index (χ3n) is 4.30. The largest absolute Gasteiger partial charge is 0.437 e. The molecule has 0 aliphatic heterocycles. The minimum Gasteiger partial charge on any atom is -0.437 e. The molecule has 6 nitrogen and oxygen atoms in total. The van der Waals surface area contributed by atoms with E-state index in [4.69, 9.17) is 10.5 Å². The highest BCUT2D eigenvalue weighted by Crippen LogP contribution is 2.34. The molecule has 3 N–H and O–H groups in total. The Hall–Kier alpha value is -3.71. The molecule has 0 atom stereocenters. The van der Waals surface area contributed by atoms with Gasteiger partial charge >= 0.3 is 0 Å². The van der Waals surface area contributed by atoms with E-state index in [1.165, 1.54) is 17.7 Å². The third-order valence-corrected chi connectivity index (χ3v) is 5.25. The van der Waals surface area contributed by atoms with Crippen LogP contribution in [0, 0.1) is 0 Å². The van der Waals surface area contributed by atoms with E-state index in [1.54, 1.807) is 0 Å². The fourth-order valence-electron chi connectivity index (χ4n) is 2.93. The van der Waals surface area contributed by atoms with Crippen LogP contribution in [0.25, 0.3) is 21.0 Å². The number of hydrogen-bond donors (Lipinski definition) is 2. The average molecular weight is 385 g/mol. The van der Waals surface area contributed by atoms with Crippen molar-refractivity contribution in [2.75, 3.05) is 11.1 Å². The summed E-state index contributed by atoms with van der Waals surface area (Å²) in [7, 11) is 0. The topological polar surface area (TPSA) is 86.0 Å². The smallest absolute Gasteiger partial charge is 0.248 e. The number of nitrogens with one attached hydrogen (secondary N) is 1. The van der Waals surface area contributed by atoms with Crippen molar-refractivity contribution in [1.29, 1.82) is 0 Å². The van der Waals surface area contributed by atoms with Crippen LogP contribution in [0.1, 0.15) is 0 Å². The van der Waals surface area contributed by atoms with Crippen molar-refractivity contribution in [3.63, 3.8) is 0 Å². The summed E-state index contributed by atoms with van der Waals surface area (Å²) in [6.45, 7) is 0.